The molecule has 1 aromatic carbocycles. The summed E-state index contributed by atoms with van der Waals surface area (Å²) in [6, 6.07) is 14.2. The standard InChI is InChI=1S/C22H26N4OS2/c1-16-9-11-25(12-10-16)18(20-8-5-13-29-20)14-23-21(27)19-15-24-22(28)26(19)17-6-3-2-4-7-17/h2-8,13,15-16,18H,9-12,14H2,1H3,(H,23,27)(H,24,28)/t18-/m0/s1. The number of imidazole rings is 1. The van der Waals surface area contributed by atoms with Crippen molar-refractivity contribution in [3.05, 3.63) is 69.4 Å². The molecule has 2 aromatic heterocycles. The van der Waals surface area contributed by atoms with Gasteiger partial charge in [0.1, 0.15) is 5.69 Å². The largest absolute Gasteiger partial charge is 0.349 e. The Labute approximate surface area is 180 Å². The second kappa shape index (κ2) is 9.07. The van der Waals surface area contributed by atoms with Gasteiger partial charge in [-0.25, -0.2) is 0 Å². The summed E-state index contributed by atoms with van der Waals surface area (Å²) in [5, 5.41) is 5.27. The number of nitrogens with one attached hydrogen (secondary N) is 2. The highest BCUT2D eigenvalue weighted by atomic mass is 32.1. The fourth-order valence-electron chi connectivity index (χ4n) is 3.88. The summed E-state index contributed by atoms with van der Waals surface area (Å²) in [4.78, 5) is 19.9. The minimum Gasteiger partial charge on any atom is -0.349 e. The molecule has 1 saturated heterocycles. The molecule has 0 radical (unpaired) electrons. The van der Waals surface area contributed by atoms with Crippen molar-refractivity contribution in [2.24, 2.45) is 5.92 Å². The van der Waals surface area contributed by atoms with Gasteiger partial charge in [0.25, 0.3) is 5.91 Å². The highest BCUT2D eigenvalue weighted by molar-refractivity contribution is 7.71. The molecule has 0 spiro atoms. The molecule has 29 heavy (non-hydrogen) atoms. The average molecular weight is 427 g/mol. The third-order valence-electron chi connectivity index (χ3n) is 5.61. The second-order valence-corrected chi connectivity index (χ2v) is 8.98. The van der Waals surface area contributed by atoms with Gasteiger partial charge in [-0.1, -0.05) is 31.2 Å². The van der Waals surface area contributed by atoms with Crippen molar-refractivity contribution in [1.29, 1.82) is 0 Å². The van der Waals surface area contributed by atoms with Gasteiger partial charge in [0.15, 0.2) is 4.77 Å². The second-order valence-electron chi connectivity index (χ2n) is 7.61. The van der Waals surface area contributed by atoms with E-state index in [1.54, 1.807) is 22.1 Å². The first-order valence-electron chi connectivity index (χ1n) is 10.0. The highest BCUT2D eigenvalue weighted by Gasteiger charge is 2.26. The quantitative estimate of drug-likeness (QED) is 0.557. The number of aromatic nitrogens is 2. The molecule has 1 fully saturated rings. The molecular weight excluding hydrogens is 400 g/mol. The number of para-hydroxylation sites is 1. The Kier molecular flexibility index (Phi) is 6.28. The molecule has 1 atom stereocenters. The van der Waals surface area contributed by atoms with E-state index in [1.807, 2.05) is 30.3 Å². The van der Waals surface area contributed by atoms with Crippen LogP contribution < -0.4 is 5.32 Å². The monoisotopic (exact) mass is 426 g/mol. The Morgan fingerprint density at radius 3 is 2.69 bits per heavy atom. The van der Waals surface area contributed by atoms with Gasteiger partial charge in [-0.2, -0.15) is 0 Å². The lowest BCUT2D eigenvalue weighted by molar-refractivity contribution is 0.0908. The Morgan fingerprint density at radius 2 is 2.00 bits per heavy atom. The molecule has 0 unspecified atom stereocenters. The maximum absolute atomic E-state index is 13.0. The molecule has 1 aliphatic heterocycles. The van der Waals surface area contributed by atoms with Crippen molar-refractivity contribution in [3.8, 4) is 5.69 Å². The fraction of sp³-hybridized carbons (Fsp3) is 0.364. The predicted octanol–water partition coefficient (Wildman–Crippen LogP) is 4.80. The van der Waals surface area contributed by atoms with Crippen LogP contribution in [-0.4, -0.2) is 40.0 Å². The lowest BCUT2D eigenvalue weighted by atomic mass is 9.97. The minimum absolute atomic E-state index is 0.117. The van der Waals surface area contributed by atoms with E-state index in [0.717, 1.165) is 24.7 Å². The van der Waals surface area contributed by atoms with Gasteiger partial charge in [-0.05, 0) is 67.6 Å². The Hall–Kier alpha value is -2.22. The molecule has 7 heteroatoms. The number of amides is 1. The molecule has 2 N–H and O–H groups in total. The van der Waals surface area contributed by atoms with Crippen molar-refractivity contribution in [2.45, 2.75) is 25.8 Å². The number of rotatable bonds is 6. The van der Waals surface area contributed by atoms with Gasteiger partial charge < -0.3 is 10.3 Å². The lowest BCUT2D eigenvalue weighted by Crippen LogP contribution is -2.41. The molecule has 3 heterocycles. The number of benzene rings is 1. The summed E-state index contributed by atoms with van der Waals surface area (Å²) < 4.78 is 2.30. The Morgan fingerprint density at radius 1 is 1.24 bits per heavy atom. The third kappa shape index (κ3) is 4.52. The maximum atomic E-state index is 13.0. The number of likely N-dealkylation sites (tertiary alicyclic amines) is 1. The maximum Gasteiger partial charge on any atom is 0.269 e. The number of aromatic amines is 1. The average Bonchev–Trinajstić information content (AvgIpc) is 3.40. The first-order chi connectivity index (χ1) is 14.1. The molecule has 152 valence electrons. The zero-order chi connectivity index (χ0) is 20.2. The molecule has 0 bridgehead atoms. The molecule has 1 amide bonds. The van der Waals surface area contributed by atoms with E-state index in [2.05, 4.69) is 39.6 Å². The van der Waals surface area contributed by atoms with Crippen molar-refractivity contribution >= 4 is 29.5 Å². The van der Waals surface area contributed by atoms with E-state index in [4.69, 9.17) is 12.2 Å². The van der Waals surface area contributed by atoms with E-state index in [-0.39, 0.29) is 11.9 Å². The summed E-state index contributed by atoms with van der Waals surface area (Å²) in [5.41, 5.74) is 1.40. The smallest absolute Gasteiger partial charge is 0.269 e. The summed E-state index contributed by atoms with van der Waals surface area (Å²) in [6.45, 7) is 5.05. The van der Waals surface area contributed by atoms with E-state index in [0.29, 0.717) is 17.0 Å². The normalized spacial score (nSPS) is 16.6. The van der Waals surface area contributed by atoms with Crippen LogP contribution in [0.25, 0.3) is 5.69 Å². The van der Waals surface area contributed by atoms with Gasteiger partial charge >= 0.3 is 0 Å². The number of piperidine rings is 1. The Bertz CT molecular complexity index is 986. The predicted molar refractivity (Wildman–Crippen MR) is 120 cm³/mol. The number of H-pyrrole nitrogens is 1. The van der Waals surface area contributed by atoms with Crippen molar-refractivity contribution < 1.29 is 4.79 Å². The minimum atomic E-state index is -0.117. The van der Waals surface area contributed by atoms with Crippen LogP contribution >= 0.6 is 23.6 Å². The van der Waals surface area contributed by atoms with Gasteiger partial charge in [0.05, 0.1) is 6.04 Å². The third-order valence-corrected chi connectivity index (χ3v) is 6.88. The highest BCUT2D eigenvalue weighted by Crippen LogP contribution is 2.29. The molecule has 1 aliphatic rings. The lowest BCUT2D eigenvalue weighted by Gasteiger charge is -2.36. The summed E-state index contributed by atoms with van der Waals surface area (Å²) in [6.07, 6.45) is 4.11. The van der Waals surface area contributed by atoms with E-state index in [1.165, 1.54) is 17.7 Å². The van der Waals surface area contributed by atoms with Crippen LogP contribution in [0.1, 0.15) is 41.2 Å². The molecule has 0 aliphatic carbocycles. The SMILES string of the molecule is CC1CCN([C@@H](CNC(=O)c2c[nH]c(=S)n2-c2ccccc2)c2cccs2)CC1. The number of nitrogens with zero attached hydrogens (tertiary/aromatic N) is 2. The number of carbonyl (C=O) groups is 1. The van der Waals surface area contributed by atoms with Gasteiger partial charge in [-0.15, -0.1) is 11.3 Å². The first kappa shape index (κ1) is 20.1. The zero-order valence-electron chi connectivity index (χ0n) is 16.5. The van der Waals surface area contributed by atoms with Crippen molar-refractivity contribution in [2.75, 3.05) is 19.6 Å². The zero-order valence-corrected chi connectivity index (χ0v) is 18.1. The van der Waals surface area contributed by atoms with Crippen molar-refractivity contribution in [1.82, 2.24) is 19.8 Å². The van der Waals surface area contributed by atoms with Gasteiger partial charge in [0, 0.05) is 23.3 Å². The van der Waals surface area contributed by atoms with Crippen LogP contribution in [0.4, 0.5) is 0 Å². The summed E-state index contributed by atoms with van der Waals surface area (Å²) >= 11 is 7.17. The summed E-state index contributed by atoms with van der Waals surface area (Å²) in [5.74, 6) is 0.660. The topological polar surface area (TPSA) is 53.1 Å². The van der Waals surface area contributed by atoms with Crippen LogP contribution in [0.15, 0.2) is 54.0 Å². The molecule has 5 nitrogen and oxygen atoms in total. The molecule has 0 saturated carbocycles. The van der Waals surface area contributed by atoms with Crippen LogP contribution in [0.3, 0.4) is 0 Å². The molecule has 3 aromatic rings. The van der Waals surface area contributed by atoms with Crippen LogP contribution in [0.5, 0.6) is 0 Å². The van der Waals surface area contributed by atoms with Gasteiger partial charge in [-0.3, -0.25) is 14.3 Å². The van der Waals surface area contributed by atoms with Crippen LogP contribution in [0, 0.1) is 10.7 Å². The van der Waals surface area contributed by atoms with Crippen LogP contribution in [-0.2, 0) is 0 Å². The number of carbonyl (C=O) groups excluding carboxylic acids is 1. The first-order valence-corrected chi connectivity index (χ1v) is 11.3. The number of hydrogen-bond acceptors (Lipinski definition) is 4. The van der Waals surface area contributed by atoms with E-state index < -0.39 is 0 Å². The van der Waals surface area contributed by atoms with Crippen molar-refractivity contribution in [3.63, 3.8) is 0 Å². The van der Waals surface area contributed by atoms with Gasteiger partial charge in [0.2, 0.25) is 0 Å². The summed E-state index contributed by atoms with van der Waals surface area (Å²) in [7, 11) is 0. The molecular formula is C22H26N4OS2. The number of thiophene rings is 1. The van der Waals surface area contributed by atoms with E-state index in [9.17, 15) is 4.79 Å². The fourth-order valence-corrected chi connectivity index (χ4v) is 5.00. The Balaban J connectivity index is 1.51. The van der Waals surface area contributed by atoms with Crippen LogP contribution in [0.2, 0.25) is 0 Å². The van der Waals surface area contributed by atoms with E-state index >= 15 is 0 Å². The molecule has 4 rings (SSSR count). The number of hydrogen-bond donors (Lipinski definition) is 2.